The van der Waals surface area contributed by atoms with Crippen LogP contribution in [0, 0.1) is 11.7 Å². The van der Waals surface area contributed by atoms with Gasteiger partial charge in [-0.2, -0.15) is 0 Å². The van der Waals surface area contributed by atoms with Gasteiger partial charge in [-0.15, -0.1) is 0 Å². The van der Waals surface area contributed by atoms with Crippen LogP contribution in [0.2, 0.25) is 5.02 Å². The topological polar surface area (TPSA) is 41.6 Å². The molecule has 126 valence electrons. The van der Waals surface area contributed by atoms with Crippen LogP contribution in [0.4, 0.5) is 4.39 Å². The van der Waals surface area contributed by atoms with E-state index in [1.165, 1.54) is 12.1 Å². The van der Waals surface area contributed by atoms with Gasteiger partial charge in [0.05, 0.1) is 5.02 Å². The van der Waals surface area contributed by atoms with Gasteiger partial charge in [0.1, 0.15) is 18.2 Å². The van der Waals surface area contributed by atoms with E-state index in [4.69, 9.17) is 16.3 Å². The number of likely N-dealkylation sites (tertiary alicyclic amines) is 1. The number of nitrogens with one attached hydrogen (secondary N) is 1. The quantitative estimate of drug-likeness (QED) is 0.865. The highest BCUT2D eigenvalue weighted by atomic mass is 35.5. The molecular weight excluding hydrogens is 319 g/mol. The summed E-state index contributed by atoms with van der Waals surface area (Å²) in [6, 6.07) is 4.79. The van der Waals surface area contributed by atoms with Gasteiger partial charge >= 0.3 is 0 Å². The lowest BCUT2D eigenvalue weighted by atomic mass is 10.0. The highest BCUT2D eigenvalue weighted by molar-refractivity contribution is 6.30. The zero-order valence-corrected chi connectivity index (χ0v) is 13.8. The molecule has 1 saturated carbocycles. The van der Waals surface area contributed by atoms with Gasteiger partial charge in [0.15, 0.2) is 0 Å². The number of carbonyl (C=O) groups excluding carboxylic acids is 1. The normalized spacial score (nSPS) is 19.6. The van der Waals surface area contributed by atoms with Crippen LogP contribution in [0.5, 0.6) is 5.75 Å². The number of benzene rings is 1. The first-order valence-corrected chi connectivity index (χ1v) is 8.60. The lowest BCUT2D eigenvalue weighted by molar-refractivity contribution is -0.123. The average Bonchev–Trinajstić information content (AvgIpc) is 3.37. The largest absolute Gasteiger partial charge is 0.492 e. The lowest BCUT2D eigenvalue weighted by Crippen LogP contribution is -2.45. The Hall–Kier alpha value is -1.33. The van der Waals surface area contributed by atoms with E-state index in [-0.39, 0.29) is 16.8 Å². The molecule has 2 fully saturated rings. The predicted molar refractivity (Wildman–Crippen MR) is 87.2 cm³/mol. The van der Waals surface area contributed by atoms with Crippen LogP contribution >= 0.6 is 11.6 Å². The zero-order chi connectivity index (χ0) is 16.2. The van der Waals surface area contributed by atoms with E-state index in [0.717, 1.165) is 45.3 Å². The van der Waals surface area contributed by atoms with Crippen LogP contribution in [-0.4, -0.2) is 43.1 Å². The molecule has 0 atom stereocenters. The Labute approximate surface area is 140 Å². The monoisotopic (exact) mass is 340 g/mol. The molecule has 2 aliphatic rings. The minimum atomic E-state index is -0.462. The maximum atomic E-state index is 13.3. The van der Waals surface area contributed by atoms with Crippen LogP contribution in [0.1, 0.15) is 25.7 Å². The molecule has 1 saturated heterocycles. The van der Waals surface area contributed by atoms with E-state index < -0.39 is 5.82 Å². The number of piperidine rings is 1. The van der Waals surface area contributed by atoms with E-state index in [1.807, 2.05) is 0 Å². The minimum absolute atomic E-state index is 0.104. The van der Waals surface area contributed by atoms with Gasteiger partial charge in [0.25, 0.3) is 0 Å². The van der Waals surface area contributed by atoms with Crippen molar-refractivity contribution in [1.29, 1.82) is 0 Å². The van der Waals surface area contributed by atoms with Gasteiger partial charge in [-0.05, 0) is 37.8 Å². The van der Waals surface area contributed by atoms with Gasteiger partial charge in [-0.1, -0.05) is 11.6 Å². The molecular formula is C17H22ClFN2O2. The molecule has 3 rings (SSSR count). The Morgan fingerprint density at radius 2 is 2.04 bits per heavy atom. The molecule has 0 unspecified atom stereocenters. The third kappa shape index (κ3) is 4.82. The molecule has 0 spiro atoms. The van der Waals surface area contributed by atoms with Crippen molar-refractivity contribution in [1.82, 2.24) is 10.2 Å². The fourth-order valence-electron chi connectivity index (χ4n) is 2.82. The summed E-state index contributed by atoms with van der Waals surface area (Å²) >= 11 is 5.64. The van der Waals surface area contributed by atoms with Crippen molar-refractivity contribution >= 4 is 17.5 Å². The van der Waals surface area contributed by atoms with Crippen molar-refractivity contribution in [3.63, 3.8) is 0 Å². The van der Waals surface area contributed by atoms with Crippen molar-refractivity contribution in [3.8, 4) is 5.75 Å². The molecule has 1 heterocycles. The molecule has 1 aliphatic carbocycles. The summed E-state index contributed by atoms with van der Waals surface area (Å²) in [4.78, 5) is 14.1. The molecule has 0 bridgehead atoms. The lowest BCUT2D eigenvalue weighted by Gasteiger charge is -2.32. The van der Waals surface area contributed by atoms with Crippen LogP contribution in [0.15, 0.2) is 18.2 Å². The minimum Gasteiger partial charge on any atom is -0.492 e. The van der Waals surface area contributed by atoms with Gasteiger partial charge < -0.3 is 10.1 Å². The SMILES string of the molecule is O=C(NC1CCN(CCOc2ccc(Cl)c(F)c2)CC1)C1CC1. The van der Waals surface area contributed by atoms with Crippen LogP contribution in [0.3, 0.4) is 0 Å². The van der Waals surface area contributed by atoms with Crippen molar-refractivity contribution in [2.45, 2.75) is 31.7 Å². The van der Waals surface area contributed by atoms with E-state index in [0.29, 0.717) is 18.4 Å². The van der Waals surface area contributed by atoms with Crippen molar-refractivity contribution in [2.75, 3.05) is 26.2 Å². The van der Waals surface area contributed by atoms with Crippen molar-refractivity contribution in [2.24, 2.45) is 5.92 Å². The van der Waals surface area contributed by atoms with Gasteiger partial charge in [0.2, 0.25) is 5.91 Å². The number of hydrogen-bond acceptors (Lipinski definition) is 3. The number of hydrogen-bond donors (Lipinski definition) is 1. The number of rotatable bonds is 6. The summed E-state index contributed by atoms with van der Waals surface area (Å²) < 4.78 is 18.9. The second kappa shape index (κ2) is 7.49. The fourth-order valence-corrected chi connectivity index (χ4v) is 2.94. The zero-order valence-electron chi connectivity index (χ0n) is 13.1. The van der Waals surface area contributed by atoms with Gasteiger partial charge in [-0.25, -0.2) is 4.39 Å². The molecule has 1 aliphatic heterocycles. The molecule has 4 nitrogen and oxygen atoms in total. The van der Waals surface area contributed by atoms with Crippen LogP contribution in [0.25, 0.3) is 0 Å². The summed E-state index contributed by atoms with van der Waals surface area (Å²) in [5, 5.41) is 3.25. The molecule has 0 radical (unpaired) electrons. The summed E-state index contributed by atoms with van der Waals surface area (Å²) in [5.41, 5.74) is 0. The number of amides is 1. The Balaban J connectivity index is 1.34. The Morgan fingerprint density at radius 3 is 2.70 bits per heavy atom. The second-order valence-electron chi connectivity index (χ2n) is 6.32. The number of nitrogens with zero attached hydrogens (tertiary/aromatic N) is 1. The molecule has 1 aromatic rings. The number of carbonyl (C=O) groups is 1. The molecule has 0 aromatic heterocycles. The second-order valence-corrected chi connectivity index (χ2v) is 6.73. The number of halogens is 2. The molecule has 23 heavy (non-hydrogen) atoms. The van der Waals surface area contributed by atoms with E-state index in [2.05, 4.69) is 10.2 Å². The average molecular weight is 341 g/mol. The third-order valence-electron chi connectivity index (χ3n) is 4.45. The maximum absolute atomic E-state index is 13.3. The van der Waals surface area contributed by atoms with Crippen LogP contribution < -0.4 is 10.1 Å². The van der Waals surface area contributed by atoms with Crippen molar-refractivity contribution in [3.05, 3.63) is 29.0 Å². The molecule has 1 N–H and O–H groups in total. The predicted octanol–water partition coefficient (Wildman–Crippen LogP) is 2.85. The van der Waals surface area contributed by atoms with Crippen molar-refractivity contribution < 1.29 is 13.9 Å². The summed E-state index contributed by atoms with van der Waals surface area (Å²) in [5.74, 6) is 0.549. The Kier molecular flexibility index (Phi) is 5.38. The highest BCUT2D eigenvalue weighted by Crippen LogP contribution is 2.29. The first kappa shape index (κ1) is 16.5. The molecule has 1 aromatic carbocycles. The van der Waals surface area contributed by atoms with Gasteiger partial charge in [0, 0.05) is 37.7 Å². The van der Waals surface area contributed by atoms with Crippen LogP contribution in [-0.2, 0) is 4.79 Å². The van der Waals surface area contributed by atoms with Gasteiger partial charge in [-0.3, -0.25) is 9.69 Å². The Bertz CT molecular complexity index is 558. The number of ether oxygens (including phenoxy) is 1. The maximum Gasteiger partial charge on any atom is 0.223 e. The van der Waals surface area contributed by atoms with E-state index in [9.17, 15) is 9.18 Å². The first-order chi connectivity index (χ1) is 11.1. The molecule has 6 heteroatoms. The standard InChI is InChI=1S/C17H22ClFN2O2/c18-15-4-3-14(11-16(15)19)23-10-9-21-7-5-13(6-8-21)20-17(22)12-1-2-12/h3-4,11-13H,1-2,5-10H2,(H,20,22). The van der Waals surface area contributed by atoms with E-state index >= 15 is 0 Å². The first-order valence-electron chi connectivity index (χ1n) is 8.22. The fraction of sp³-hybridized carbons (Fsp3) is 0.588. The summed E-state index contributed by atoms with van der Waals surface area (Å²) in [6.07, 6.45) is 4.06. The summed E-state index contributed by atoms with van der Waals surface area (Å²) in [6.45, 7) is 3.22. The molecule has 1 amide bonds. The smallest absolute Gasteiger partial charge is 0.223 e. The summed E-state index contributed by atoms with van der Waals surface area (Å²) in [7, 11) is 0. The third-order valence-corrected chi connectivity index (χ3v) is 4.76. The Morgan fingerprint density at radius 1 is 1.30 bits per heavy atom. The van der Waals surface area contributed by atoms with E-state index in [1.54, 1.807) is 6.07 Å². The highest BCUT2D eigenvalue weighted by Gasteiger charge is 2.31.